The predicted octanol–water partition coefficient (Wildman–Crippen LogP) is -0.939. The molecular weight excluding hydrogens is 239 g/mol. The molecule has 0 aliphatic rings. The van der Waals surface area contributed by atoms with Gasteiger partial charge in [0, 0.05) is 6.54 Å². The number of benzene rings is 1. The van der Waals surface area contributed by atoms with Crippen LogP contribution in [0.5, 0.6) is 0 Å². The lowest BCUT2D eigenvalue weighted by molar-refractivity contribution is -0.117. The molecule has 6 N–H and O–H groups in total. The summed E-state index contributed by atoms with van der Waals surface area (Å²) in [6.45, 7) is -0.382. The highest BCUT2D eigenvalue weighted by atomic mass is 19.1. The van der Waals surface area contributed by atoms with Crippen molar-refractivity contribution < 1.29 is 14.0 Å². The quantitative estimate of drug-likeness (QED) is 0.607. The Morgan fingerprint density at radius 1 is 1.17 bits per heavy atom. The molecule has 1 rings (SSSR count). The molecule has 0 aliphatic heterocycles. The van der Waals surface area contributed by atoms with E-state index >= 15 is 0 Å². The molecule has 0 aromatic heterocycles. The highest BCUT2D eigenvalue weighted by Gasteiger charge is 2.16. The highest BCUT2D eigenvalue weighted by Crippen LogP contribution is 2.20. The minimum Gasteiger partial charge on any atom is -0.368 e. The summed E-state index contributed by atoms with van der Waals surface area (Å²) in [6.07, 6.45) is 0. The van der Waals surface area contributed by atoms with Crippen molar-refractivity contribution in [2.45, 2.75) is 6.54 Å². The van der Waals surface area contributed by atoms with Crippen molar-refractivity contribution in [3.8, 4) is 0 Å². The summed E-state index contributed by atoms with van der Waals surface area (Å²) in [5, 5.41) is 0. The number of anilines is 1. The fourth-order valence-corrected chi connectivity index (χ4v) is 1.54. The molecule has 0 atom stereocenters. The summed E-state index contributed by atoms with van der Waals surface area (Å²) >= 11 is 0. The van der Waals surface area contributed by atoms with E-state index in [-0.39, 0.29) is 25.3 Å². The topological polar surface area (TPSA) is 115 Å². The first-order chi connectivity index (χ1) is 8.43. The fourth-order valence-electron chi connectivity index (χ4n) is 1.54. The molecule has 7 heteroatoms. The third kappa shape index (κ3) is 3.70. The van der Waals surface area contributed by atoms with Crippen LogP contribution in [0.4, 0.5) is 10.1 Å². The largest absolute Gasteiger partial charge is 0.368 e. The predicted molar refractivity (Wildman–Crippen MR) is 64.9 cm³/mol. The van der Waals surface area contributed by atoms with E-state index in [1.165, 1.54) is 17.0 Å². The Kier molecular flexibility index (Phi) is 4.61. The number of rotatable bonds is 6. The Balaban J connectivity index is 3.03. The van der Waals surface area contributed by atoms with Crippen molar-refractivity contribution in [2.75, 3.05) is 18.0 Å². The summed E-state index contributed by atoms with van der Waals surface area (Å²) in [5.41, 5.74) is 16.1. The van der Waals surface area contributed by atoms with Crippen molar-refractivity contribution in [1.29, 1.82) is 0 Å². The molecule has 18 heavy (non-hydrogen) atoms. The van der Waals surface area contributed by atoms with Gasteiger partial charge in [-0.05, 0) is 17.7 Å². The maximum Gasteiger partial charge on any atom is 0.236 e. The number of halogens is 1. The molecule has 0 aliphatic carbocycles. The van der Waals surface area contributed by atoms with Gasteiger partial charge < -0.3 is 22.1 Å². The SMILES string of the molecule is NCc1ccc(N(CC(N)=O)CC(N)=O)c(F)c1. The molecule has 2 amide bonds. The lowest BCUT2D eigenvalue weighted by Crippen LogP contribution is -2.40. The molecule has 0 saturated carbocycles. The van der Waals surface area contributed by atoms with Crippen molar-refractivity contribution >= 4 is 17.5 Å². The Morgan fingerprint density at radius 3 is 2.11 bits per heavy atom. The number of nitrogens with zero attached hydrogens (tertiary/aromatic N) is 1. The second kappa shape index (κ2) is 5.97. The van der Waals surface area contributed by atoms with Gasteiger partial charge in [-0.2, -0.15) is 0 Å². The Labute approximate surface area is 104 Å². The van der Waals surface area contributed by atoms with Crippen molar-refractivity contribution in [1.82, 2.24) is 0 Å². The second-order valence-corrected chi connectivity index (χ2v) is 3.78. The lowest BCUT2D eigenvalue weighted by Gasteiger charge is -2.22. The van der Waals surface area contributed by atoms with Crippen LogP contribution >= 0.6 is 0 Å². The number of amides is 2. The third-order valence-corrected chi connectivity index (χ3v) is 2.28. The molecule has 6 nitrogen and oxygen atoms in total. The standard InChI is InChI=1S/C11H15FN4O2/c12-8-3-7(4-13)1-2-9(8)16(5-10(14)17)6-11(15)18/h1-3H,4-6,13H2,(H2,14,17)(H2,15,18). The van der Waals surface area contributed by atoms with E-state index in [9.17, 15) is 14.0 Å². The van der Waals surface area contributed by atoms with Gasteiger partial charge in [-0.15, -0.1) is 0 Å². The van der Waals surface area contributed by atoms with Crippen LogP contribution in [-0.2, 0) is 16.1 Å². The van der Waals surface area contributed by atoms with E-state index in [0.717, 1.165) is 0 Å². The normalized spacial score (nSPS) is 10.1. The average molecular weight is 254 g/mol. The van der Waals surface area contributed by atoms with Gasteiger partial charge in [-0.3, -0.25) is 9.59 Å². The molecule has 98 valence electrons. The Bertz CT molecular complexity index is 448. The van der Waals surface area contributed by atoms with Crippen LogP contribution in [0.15, 0.2) is 18.2 Å². The fraction of sp³-hybridized carbons (Fsp3) is 0.273. The van der Waals surface area contributed by atoms with E-state index in [1.807, 2.05) is 0 Å². The monoisotopic (exact) mass is 254 g/mol. The highest BCUT2D eigenvalue weighted by molar-refractivity contribution is 5.84. The smallest absolute Gasteiger partial charge is 0.236 e. The van der Waals surface area contributed by atoms with E-state index in [4.69, 9.17) is 17.2 Å². The van der Waals surface area contributed by atoms with Crippen molar-refractivity contribution in [3.63, 3.8) is 0 Å². The zero-order valence-electron chi connectivity index (χ0n) is 9.73. The van der Waals surface area contributed by atoms with Crippen LogP contribution in [-0.4, -0.2) is 24.9 Å². The molecular formula is C11H15FN4O2. The summed E-state index contributed by atoms with van der Waals surface area (Å²) in [6, 6.07) is 4.28. The van der Waals surface area contributed by atoms with Gasteiger partial charge in [0.1, 0.15) is 5.82 Å². The van der Waals surface area contributed by atoms with Gasteiger partial charge in [0.15, 0.2) is 0 Å². The van der Waals surface area contributed by atoms with Crippen LogP contribution in [0.2, 0.25) is 0 Å². The van der Waals surface area contributed by atoms with E-state index in [0.29, 0.717) is 5.56 Å². The van der Waals surface area contributed by atoms with Crippen LogP contribution < -0.4 is 22.1 Å². The van der Waals surface area contributed by atoms with E-state index in [1.54, 1.807) is 6.07 Å². The number of hydrogen-bond acceptors (Lipinski definition) is 4. The molecule has 0 saturated heterocycles. The van der Waals surface area contributed by atoms with Crippen LogP contribution in [0, 0.1) is 5.82 Å². The van der Waals surface area contributed by atoms with Crippen molar-refractivity contribution in [3.05, 3.63) is 29.6 Å². The second-order valence-electron chi connectivity index (χ2n) is 3.78. The minimum absolute atomic E-state index is 0.0878. The maximum atomic E-state index is 13.8. The van der Waals surface area contributed by atoms with Crippen LogP contribution in [0.1, 0.15) is 5.56 Å². The van der Waals surface area contributed by atoms with E-state index in [2.05, 4.69) is 0 Å². The molecule has 0 spiro atoms. The van der Waals surface area contributed by atoms with Gasteiger partial charge in [-0.1, -0.05) is 6.07 Å². The van der Waals surface area contributed by atoms with Crippen molar-refractivity contribution in [2.24, 2.45) is 17.2 Å². The molecule has 1 aromatic carbocycles. The first kappa shape index (κ1) is 13.9. The van der Waals surface area contributed by atoms with Gasteiger partial charge in [0.05, 0.1) is 18.8 Å². The summed E-state index contributed by atoms with van der Waals surface area (Å²) < 4.78 is 13.8. The number of primary amides is 2. The van der Waals surface area contributed by atoms with E-state index < -0.39 is 17.6 Å². The molecule has 0 heterocycles. The summed E-state index contributed by atoms with van der Waals surface area (Å²) in [4.78, 5) is 23.0. The number of hydrogen-bond donors (Lipinski definition) is 3. The Morgan fingerprint density at radius 2 is 1.72 bits per heavy atom. The molecule has 0 radical (unpaired) electrons. The molecule has 0 bridgehead atoms. The zero-order chi connectivity index (χ0) is 13.7. The van der Waals surface area contributed by atoms with Gasteiger partial charge in [-0.25, -0.2) is 4.39 Å². The maximum absolute atomic E-state index is 13.8. The summed E-state index contributed by atoms with van der Waals surface area (Å²) in [5.74, 6) is -1.95. The zero-order valence-corrected chi connectivity index (χ0v) is 9.73. The molecule has 0 fully saturated rings. The number of carbonyl (C=O) groups is 2. The van der Waals surface area contributed by atoms with Gasteiger partial charge >= 0.3 is 0 Å². The van der Waals surface area contributed by atoms with Crippen LogP contribution in [0.3, 0.4) is 0 Å². The van der Waals surface area contributed by atoms with Crippen LogP contribution in [0.25, 0.3) is 0 Å². The average Bonchev–Trinajstić information content (AvgIpc) is 2.26. The van der Waals surface area contributed by atoms with Gasteiger partial charge in [0.2, 0.25) is 11.8 Å². The first-order valence-corrected chi connectivity index (χ1v) is 5.24. The number of nitrogens with two attached hydrogens (primary N) is 3. The van der Waals surface area contributed by atoms with Gasteiger partial charge in [0.25, 0.3) is 0 Å². The molecule has 0 unspecified atom stereocenters. The minimum atomic E-state index is -0.682. The first-order valence-electron chi connectivity index (χ1n) is 5.24. The lowest BCUT2D eigenvalue weighted by atomic mass is 10.2. The third-order valence-electron chi connectivity index (χ3n) is 2.28. The molecule has 1 aromatic rings. The summed E-state index contributed by atoms with van der Waals surface area (Å²) in [7, 11) is 0. The number of carbonyl (C=O) groups excluding carboxylic acids is 2. The Hall–Kier alpha value is -2.15.